The fraction of sp³-hybridized carbons (Fsp3) is 0.151. The van der Waals surface area contributed by atoms with Crippen molar-refractivity contribution in [2.75, 3.05) is 0 Å². The maximum absolute atomic E-state index is 6.17. The summed E-state index contributed by atoms with van der Waals surface area (Å²) in [6.07, 6.45) is 3.19. The summed E-state index contributed by atoms with van der Waals surface area (Å²) in [4.78, 5) is 14.5. The van der Waals surface area contributed by atoms with Crippen LogP contribution in [-0.4, -0.2) is 32.8 Å². The average Bonchev–Trinajstić information content (AvgIpc) is 3.82. The first-order chi connectivity index (χ1) is 28.6. The zero-order chi connectivity index (χ0) is 40.7. The Bertz CT molecular complexity index is 3120. The molecule has 299 valence electrons. The van der Waals surface area contributed by atoms with Crippen molar-refractivity contribution in [3.63, 3.8) is 0 Å². The quantitative estimate of drug-likeness (QED) is 0.118. The minimum atomic E-state index is -1.99. The summed E-state index contributed by atoms with van der Waals surface area (Å²) in [7, 11) is 0. The van der Waals surface area contributed by atoms with Crippen LogP contribution >= 0.6 is 0 Å². The van der Waals surface area contributed by atoms with Crippen molar-refractivity contribution in [3.8, 4) is 39.5 Å². The molecule has 0 bridgehead atoms. The second kappa shape index (κ2) is 17.1. The molecule has 0 aliphatic rings. The molecular weight excluding hydrogens is 973 g/mol. The molecule has 6 aromatic carbocycles. The minimum Gasteiger partial charge on any atom is -0.333 e. The third-order valence-corrected chi connectivity index (χ3v) is 15.2. The van der Waals surface area contributed by atoms with Gasteiger partial charge in [-0.25, -0.2) is 0 Å². The Hall–Kier alpha value is -5.66. The maximum Gasteiger partial charge on any atom is 0.0774 e. The van der Waals surface area contributed by atoms with Gasteiger partial charge in [-0.1, -0.05) is 84.2 Å². The van der Waals surface area contributed by atoms with Gasteiger partial charge in [0.15, 0.2) is 0 Å². The van der Waals surface area contributed by atoms with Gasteiger partial charge in [0, 0.05) is 25.8 Å². The van der Waals surface area contributed by atoms with Gasteiger partial charge in [0.25, 0.3) is 0 Å². The zero-order valence-electron chi connectivity index (χ0n) is 34.7. The van der Waals surface area contributed by atoms with E-state index in [2.05, 4.69) is 174 Å². The molecule has 4 heterocycles. The first-order valence-electron chi connectivity index (χ1n) is 20.4. The number of rotatable bonds is 7. The second-order valence-electron chi connectivity index (χ2n) is 16.7. The summed E-state index contributed by atoms with van der Waals surface area (Å²) >= 11 is -1.99. The number of fused-ring (bicyclic) bond motifs is 5. The molecule has 0 saturated carbocycles. The Morgan fingerprint density at radius 2 is 1.42 bits per heavy atom. The van der Waals surface area contributed by atoms with Crippen molar-refractivity contribution >= 4 is 61.5 Å². The number of furan rings is 1. The van der Waals surface area contributed by atoms with Crippen LogP contribution < -0.4 is 4.40 Å². The number of imidazole rings is 1. The van der Waals surface area contributed by atoms with Gasteiger partial charge in [-0.2, -0.15) is 0 Å². The molecule has 5 nitrogen and oxygen atoms in total. The predicted molar refractivity (Wildman–Crippen MR) is 248 cm³/mol. The van der Waals surface area contributed by atoms with Crippen LogP contribution in [0.25, 0.3) is 83.3 Å². The van der Waals surface area contributed by atoms with Crippen LogP contribution in [-0.2, 0) is 26.5 Å². The Labute approximate surface area is 368 Å². The Morgan fingerprint density at radius 1 is 0.683 bits per heavy atom. The van der Waals surface area contributed by atoms with Crippen LogP contribution in [0.2, 0.25) is 17.3 Å². The van der Waals surface area contributed by atoms with E-state index in [1.165, 1.54) is 26.5 Å². The number of aryl methyl sites for hydroxylation is 1. The topological polar surface area (TPSA) is 56.7 Å². The standard InChI is InChI=1S/C29H19N2.C24H27GeN2O.Ir/c1-2-10-21(11-3-1)23-14-8-15-24(20-23)31-28-19-7-6-18-27(28)30-29(31)26-17-9-13-22-12-4-5-16-25(22)26;1-15(2)12-17-13-22(26-14-21(17)25(4,5)6)20-9-7-8-18-19-11-10-16(3)27-24(19)28-23(18)20;/h1-16,18-20H;7-8,10-11,13-15H,12H2,1-6H3;/q2*-1;. The summed E-state index contributed by atoms with van der Waals surface area (Å²) in [6.45, 7) is 6.54. The molecule has 0 atom stereocenters. The van der Waals surface area contributed by atoms with Crippen LogP contribution in [0.4, 0.5) is 0 Å². The molecule has 60 heavy (non-hydrogen) atoms. The number of pyridine rings is 2. The smallest absolute Gasteiger partial charge is 0.0774 e. The second-order valence-corrected chi connectivity index (χ2v) is 27.3. The molecule has 0 amide bonds. The van der Waals surface area contributed by atoms with Crippen LogP contribution in [0.3, 0.4) is 0 Å². The van der Waals surface area contributed by atoms with E-state index in [0.29, 0.717) is 11.6 Å². The van der Waals surface area contributed by atoms with Gasteiger partial charge in [0.05, 0.1) is 16.9 Å². The number of hydrogen-bond acceptors (Lipinski definition) is 4. The van der Waals surface area contributed by atoms with Gasteiger partial charge in [-0.3, -0.25) is 4.98 Å². The van der Waals surface area contributed by atoms with E-state index in [9.17, 15) is 0 Å². The normalized spacial score (nSPS) is 11.6. The van der Waals surface area contributed by atoms with Crippen molar-refractivity contribution < 1.29 is 24.5 Å². The van der Waals surface area contributed by atoms with Gasteiger partial charge < -0.3 is 4.57 Å². The maximum atomic E-state index is 6.17. The van der Waals surface area contributed by atoms with E-state index >= 15 is 0 Å². The van der Waals surface area contributed by atoms with Crippen LogP contribution in [0.1, 0.15) is 25.1 Å². The first kappa shape index (κ1) is 41.1. The van der Waals surface area contributed by atoms with Crippen molar-refractivity contribution in [1.82, 2.24) is 19.5 Å². The first-order valence-corrected chi connectivity index (χ1v) is 27.7. The van der Waals surface area contributed by atoms with E-state index in [4.69, 9.17) is 14.4 Å². The summed E-state index contributed by atoms with van der Waals surface area (Å²) in [5.41, 5.74) is 12.3. The summed E-state index contributed by atoms with van der Waals surface area (Å²) in [5.74, 6) is 8.81. The van der Waals surface area contributed by atoms with Crippen molar-refractivity contribution in [2.45, 2.75) is 44.5 Å². The van der Waals surface area contributed by atoms with Crippen LogP contribution in [0.5, 0.6) is 0 Å². The van der Waals surface area contributed by atoms with Crippen molar-refractivity contribution in [2.24, 2.45) is 5.92 Å². The van der Waals surface area contributed by atoms with Crippen LogP contribution in [0, 0.1) is 25.0 Å². The monoisotopic (exact) mass is 1020 g/mol. The SMILES string of the molecule is Cc1ccc2c(n1)oc1c(-c3cc(CC(C)C)[c]([Ge]([CH3])([CH3])[CH3])cn3)[c-]ccc12.[Ir].[c-]1ccc2ccccc2c1-c1nc2ccccc2n1-c1cccc(-c2ccccc2)c1. The number of para-hydroxylation sites is 2. The molecule has 10 aromatic rings. The summed E-state index contributed by atoms with van der Waals surface area (Å²) in [6, 6.07) is 57.2. The Morgan fingerprint density at radius 3 is 2.23 bits per heavy atom. The molecule has 0 saturated heterocycles. The molecule has 1 radical (unpaired) electrons. The average molecular weight is 1020 g/mol. The molecule has 10 rings (SSSR count). The predicted octanol–water partition coefficient (Wildman–Crippen LogP) is 13.2. The van der Waals surface area contributed by atoms with Gasteiger partial charge in [0.1, 0.15) is 0 Å². The molecule has 0 spiro atoms. The van der Waals surface area contributed by atoms with E-state index in [1.54, 1.807) is 0 Å². The molecule has 7 heteroatoms. The zero-order valence-corrected chi connectivity index (χ0v) is 39.2. The Kier molecular flexibility index (Phi) is 11.7. The third-order valence-electron chi connectivity index (χ3n) is 10.8. The molecule has 0 aliphatic carbocycles. The molecule has 0 aliphatic heterocycles. The Balaban J connectivity index is 0.000000165. The molecule has 0 fully saturated rings. The largest absolute Gasteiger partial charge is 0.333 e. The molecular formula is C53H46GeIrN4O-2. The number of benzene rings is 6. The molecule has 0 unspecified atom stereocenters. The van der Waals surface area contributed by atoms with E-state index in [0.717, 1.165) is 73.2 Å². The fourth-order valence-electron chi connectivity index (χ4n) is 8.08. The summed E-state index contributed by atoms with van der Waals surface area (Å²) in [5, 5.41) is 4.45. The minimum absolute atomic E-state index is 0. The van der Waals surface area contributed by atoms with Gasteiger partial charge in [-0.05, 0) is 35.4 Å². The molecule has 0 N–H and O–H groups in total. The van der Waals surface area contributed by atoms with Gasteiger partial charge in [-0.15, -0.1) is 29.1 Å². The van der Waals surface area contributed by atoms with Crippen LogP contribution in [0.15, 0.2) is 156 Å². The van der Waals surface area contributed by atoms with Crippen molar-refractivity contribution in [3.05, 3.63) is 175 Å². The number of aromatic nitrogens is 4. The summed E-state index contributed by atoms with van der Waals surface area (Å²) < 4.78 is 9.91. The number of hydrogen-bond donors (Lipinski definition) is 0. The van der Waals surface area contributed by atoms with E-state index < -0.39 is 13.3 Å². The van der Waals surface area contributed by atoms with Gasteiger partial charge >= 0.3 is 170 Å². The number of nitrogens with zero attached hydrogens (tertiary/aromatic N) is 4. The van der Waals surface area contributed by atoms with Gasteiger partial charge in [0.2, 0.25) is 0 Å². The van der Waals surface area contributed by atoms with Crippen molar-refractivity contribution in [1.29, 1.82) is 0 Å². The molecule has 4 aromatic heterocycles. The van der Waals surface area contributed by atoms with E-state index in [1.807, 2.05) is 37.3 Å². The fourth-order valence-corrected chi connectivity index (χ4v) is 11.4. The van der Waals surface area contributed by atoms with E-state index in [-0.39, 0.29) is 20.1 Å². The third kappa shape index (κ3) is 8.12.